The van der Waals surface area contributed by atoms with Crippen molar-refractivity contribution in [2.45, 2.75) is 109 Å². The van der Waals surface area contributed by atoms with E-state index in [9.17, 15) is 0 Å². The van der Waals surface area contributed by atoms with Crippen molar-refractivity contribution < 1.29 is 0 Å². The van der Waals surface area contributed by atoms with Gasteiger partial charge in [0.05, 0.1) is 0 Å². The molecule has 1 heterocycles. The van der Waals surface area contributed by atoms with E-state index in [-0.39, 0.29) is 0 Å². The summed E-state index contributed by atoms with van der Waals surface area (Å²) in [6.07, 6.45) is 14.8. The molecule has 1 nitrogen and oxygen atoms in total. The molecule has 1 aliphatic rings. The number of benzene rings is 1. The van der Waals surface area contributed by atoms with Crippen LogP contribution in [-0.2, 0) is 6.54 Å². The van der Waals surface area contributed by atoms with Crippen molar-refractivity contribution in [2.75, 3.05) is 0 Å². The minimum absolute atomic E-state index is 0.726. The summed E-state index contributed by atoms with van der Waals surface area (Å²) in [5, 5.41) is 0. The molecule has 0 spiro atoms. The van der Waals surface area contributed by atoms with Gasteiger partial charge in [0.2, 0.25) is 0 Å². The number of hydrogen-bond donors (Lipinski definition) is 0. The fourth-order valence-electron chi connectivity index (χ4n) is 5.53. The van der Waals surface area contributed by atoms with Gasteiger partial charge >= 0.3 is 180 Å². The standard InChI is InChI=1S/C14H18N.3C4H9.Sn/c1-2-7-14-10-6-11-15(14)12-13-8-4-3-5-9-13;3*1-3-4-2;/h2-5,8-9,11,14H,1,6-7,10,12H2;3*1,3-4H2,2H3;/t14-;;;;/m1..../s1. The molecule has 0 aromatic heterocycles. The molecular formula is C26H45NSn. The Morgan fingerprint density at radius 3 is 2.00 bits per heavy atom. The number of unbranched alkanes of at least 4 members (excludes halogenated alkanes) is 3. The molecule has 2 atom stereocenters. The van der Waals surface area contributed by atoms with Gasteiger partial charge in [0.15, 0.2) is 0 Å². The van der Waals surface area contributed by atoms with Gasteiger partial charge < -0.3 is 0 Å². The van der Waals surface area contributed by atoms with Gasteiger partial charge in [-0.2, -0.15) is 0 Å². The first-order chi connectivity index (χ1) is 13.7. The fourth-order valence-corrected chi connectivity index (χ4v) is 24.7. The summed E-state index contributed by atoms with van der Waals surface area (Å²) in [5.74, 6) is 0. The predicted octanol–water partition coefficient (Wildman–Crippen LogP) is 7.98. The van der Waals surface area contributed by atoms with Gasteiger partial charge in [-0.15, -0.1) is 0 Å². The zero-order chi connectivity index (χ0) is 20.2. The first-order valence-electron chi connectivity index (χ1n) is 12.1. The third-order valence-corrected chi connectivity index (χ3v) is 24.4. The normalized spacial score (nSPS) is 20.5. The molecule has 0 unspecified atom stereocenters. The summed E-state index contributed by atoms with van der Waals surface area (Å²) < 4.78 is 5.83. The van der Waals surface area contributed by atoms with Crippen LogP contribution < -0.4 is 0 Å². The number of hydrogen-bond acceptors (Lipinski definition) is 1. The van der Waals surface area contributed by atoms with Gasteiger partial charge in [-0.25, -0.2) is 0 Å². The Kier molecular flexibility index (Phi) is 11.2. The van der Waals surface area contributed by atoms with Crippen molar-refractivity contribution in [3.05, 3.63) is 48.6 Å². The zero-order valence-corrected chi connectivity index (χ0v) is 21.8. The fraction of sp³-hybridized carbons (Fsp3) is 0.692. The minimum atomic E-state index is -2.26. The summed E-state index contributed by atoms with van der Waals surface area (Å²) in [4.78, 5) is 2.99. The van der Waals surface area contributed by atoms with Crippen molar-refractivity contribution in [3.8, 4) is 0 Å². The second-order valence-corrected chi connectivity index (χ2v) is 23.1. The predicted molar refractivity (Wildman–Crippen MR) is 129 cm³/mol. The Balaban J connectivity index is 2.32. The van der Waals surface area contributed by atoms with Crippen LogP contribution in [0.5, 0.6) is 0 Å². The van der Waals surface area contributed by atoms with Crippen molar-refractivity contribution >= 4 is 18.4 Å². The molecule has 1 aromatic carbocycles. The van der Waals surface area contributed by atoms with Crippen molar-refractivity contribution in [3.63, 3.8) is 0 Å². The Morgan fingerprint density at radius 1 is 0.929 bits per heavy atom. The van der Waals surface area contributed by atoms with Crippen LogP contribution in [0.1, 0.15) is 84.1 Å². The molecule has 2 rings (SSSR count). The van der Waals surface area contributed by atoms with Crippen molar-refractivity contribution in [1.29, 1.82) is 0 Å². The molecule has 0 amide bonds. The molecule has 0 bridgehead atoms. The average molecular weight is 490 g/mol. The van der Waals surface area contributed by atoms with Crippen LogP contribution in [0.4, 0.5) is 0 Å². The molecule has 2 heteroatoms. The molecule has 28 heavy (non-hydrogen) atoms. The van der Waals surface area contributed by atoms with Gasteiger partial charge in [0, 0.05) is 0 Å². The molecule has 1 fully saturated rings. The Hall–Kier alpha value is -0.281. The molecule has 1 saturated heterocycles. The Morgan fingerprint density at radius 2 is 1.50 bits per heavy atom. The molecule has 0 N–H and O–H groups in total. The van der Waals surface area contributed by atoms with Crippen molar-refractivity contribution in [1.82, 2.24) is 4.90 Å². The van der Waals surface area contributed by atoms with E-state index in [1.54, 1.807) is 13.3 Å². The third kappa shape index (κ3) is 6.62. The SMILES string of the molecule is C=CC[C@@H]1CC[C@H]([Sn]([CH2]CCC)([CH2]CCC)[CH2]CCC)N1Cc1ccccc1. The molecule has 1 aromatic rings. The van der Waals surface area contributed by atoms with E-state index in [2.05, 4.69) is 68.7 Å². The summed E-state index contributed by atoms with van der Waals surface area (Å²) in [5.41, 5.74) is 1.50. The van der Waals surface area contributed by atoms with E-state index in [0.29, 0.717) is 0 Å². The molecular weight excluding hydrogens is 445 g/mol. The van der Waals surface area contributed by atoms with E-state index in [1.165, 1.54) is 63.4 Å². The number of nitrogens with zero attached hydrogens (tertiary/aromatic N) is 1. The average Bonchev–Trinajstić information content (AvgIpc) is 3.12. The first kappa shape index (κ1) is 24.0. The van der Waals surface area contributed by atoms with Crippen molar-refractivity contribution in [2.24, 2.45) is 0 Å². The van der Waals surface area contributed by atoms with E-state index < -0.39 is 18.4 Å². The second-order valence-electron chi connectivity index (χ2n) is 9.10. The number of likely N-dealkylation sites (tertiary alicyclic amines) is 1. The van der Waals surface area contributed by atoms with Crippen LogP contribution in [0.25, 0.3) is 0 Å². The second kappa shape index (κ2) is 13.1. The van der Waals surface area contributed by atoms with Crippen LogP contribution >= 0.6 is 0 Å². The third-order valence-electron chi connectivity index (χ3n) is 7.08. The van der Waals surface area contributed by atoms with Gasteiger partial charge in [-0.05, 0) is 0 Å². The van der Waals surface area contributed by atoms with Crippen LogP contribution in [0.2, 0.25) is 13.3 Å². The summed E-state index contributed by atoms with van der Waals surface area (Å²) in [6, 6.07) is 12.0. The maximum absolute atomic E-state index is 4.09. The van der Waals surface area contributed by atoms with E-state index >= 15 is 0 Å². The van der Waals surface area contributed by atoms with Crippen LogP contribution in [0.15, 0.2) is 43.0 Å². The van der Waals surface area contributed by atoms with Crippen LogP contribution in [-0.4, -0.2) is 33.4 Å². The summed E-state index contributed by atoms with van der Waals surface area (Å²) >= 11 is -2.26. The molecule has 0 radical (unpaired) electrons. The number of rotatable bonds is 14. The van der Waals surface area contributed by atoms with Crippen LogP contribution in [0.3, 0.4) is 0 Å². The molecule has 1 aliphatic heterocycles. The van der Waals surface area contributed by atoms with Gasteiger partial charge in [-0.1, -0.05) is 0 Å². The van der Waals surface area contributed by atoms with Gasteiger partial charge in [0.25, 0.3) is 0 Å². The van der Waals surface area contributed by atoms with Gasteiger partial charge in [0.1, 0.15) is 0 Å². The van der Waals surface area contributed by atoms with E-state index in [1.807, 2.05) is 0 Å². The quantitative estimate of drug-likeness (QED) is 0.189. The Bertz CT molecular complexity index is 519. The molecule has 0 aliphatic carbocycles. The Labute approximate surface area is 179 Å². The van der Waals surface area contributed by atoms with Crippen LogP contribution in [0, 0.1) is 0 Å². The summed E-state index contributed by atoms with van der Waals surface area (Å²) in [7, 11) is 0. The zero-order valence-electron chi connectivity index (χ0n) is 19.0. The van der Waals surface area contributed by atoms with Gasteiger partial charge in [-0.3, -0.25) is 0 Å². The molecule has 158 valence electrons. The summed E-state index contributed by atoms with van der Waals surface area (Å²) in [6.45, 7) is 12.4. The first-order valence-corrected chi connectivity index (χ1v) is 19.8. The molecule has 0 saturated carbocycles. The monoisotopic (exact) mass is 491 g/mol. The van der Waals surface area contributed by atoms with E-state index in [0.717, 1.165) is 16.6 Å². The maximum atomic E-state index is 4.09. The van der Waals surface area contributed by atoms with E-state index in [4.69, 9.17) is 0 Å². The topological polar surface area (TPSA) is 3.24 Å².